The maximum atomic E-state index is 5.41. The van der Waals surface area contributed by atoms with Crippen molar-refractivity contribution in [2.45, 2.75) is 6.35 Å². The topological polar surface area (TPSA) is 59.6 Å². The van der Waals surface area contributed by atoms with Crippen LogP contribution in [0, 0.1) is 0 Å². The maximum absolute atomic E-state index is 5.41. The van der Waals surface area contributed by atoms with Crippen LogP contribution in [0.1, 0.15) is 5.56 Å². The molecule has 4 nitrogen and oxygen atoms in total. The van der Waals surface area contributed by atoms with Crippen molar-refractivity contribution in [3.63, 3.8) is 0 Å². The van der Waals surface area contributed by atoms with Crippen molar-refractivity contribution in [3.8, 4) is 0 Å². The number of ether oxygens (including phenoxy) is 1. The highest BCUT2D eigenvalue weighted by Gasteiger charge is 2.15. The fraction of sp³-hybridized carbons (Fsp3) is 0.125. The highest BCUT2D eigenvalue weighted by atomic mass is 16.5. The Hall–Kier alpha value is -1.55. The van der Waals surface area contributed by atoms with Crippen molar-refractivity contribution in [1.82, 2.24) is 5.43 Å². The Kier molecular flexibility index (Phi) is 1.68. The molecule has 0 bridgehead atoms. The minimum absolute atomic E-state index is 0.514. The van der Waals surface area contributed by atoms with Gasteiger partial charge in [-0.15, -0.1) is 5.10 Å². The molecule has 1 aliphatic heterocycles. The largest absolute Gasteiger partial charge is 0.437 e. The lowest BCUT2D eigenvalue weighted by Gasteiger charge is -2.03. The zero-order chi connectivity index (χ0) is 8.39. The molecule has 1 atom stereocenters. The molecule has 2 rings (SSSR count). The Morgan fingerprint density at radius 2 is 2.08 bits per heavy atom. The van der Waals surface area contributed by atoms with Crippen LogP contribution in [0.2, 0.25) is 0 Å². The fourth-order valence-electron chi connectivity index (χ4n) is 1.01. The van der Waals surface area contributed by atoms with E-state index >= 15 is 0 Å². The number of benzene rings is 1. The number of nitrogens with zero attached hydrogens (tertiary/aromatic N) is 1. The van der Waals surface area contributed by atoms with E-state index in [0.717, 1.165) is 5.56 Å². The molecule has 0 saturated heterocycles. The van der Waals surface area contributed by atoms with Crippen LogP contribution in [0.4, 0.5) is 0 Å². The molecule has 1 aromatic rings. The van der Waals surface area contributed by atoms with E-state index < -0.39 is 6.35 Å². The van der Waals surface area contributed by atoms with E-state index in [1.807, 2.05) is 30.3 Å². The van der Waals surface area contributed by atoms with E-state index in [-0.39, 0.29) is 0 Å². The van der Waals surface area contributed by atoms with Crippen LogP contribution >= 0.6 is 0 Å². The third-order valence-corrected chi connectivity index (χ3v) is 1.55. The Morgan fingerprint density at radius 1 is 1.33 bits per heavy atom. The summed E-state index contributed by atoms with van der Waals surface area (Å²) in [4.78, 5) is 0. The molecule has 0 aromatic heterocycles. The quantitative estimate of drug-likeness (QED) is 0.622. The van der Waals surface area contributed by atoms with E-state index in [1.54, 1.807) is 0 Å². The lowest BCUT2D eigenvalue weighted by Crippen LogP contribution is -2.31. The molecule has 0 amide bonds. The van der Waals surface area contributed by atoms with Gasteiger partial charge in [-0.05, 0) is 12.1 Å². The van der Waals surface area contributed by atoms with Crippen LogP contribution < -0.4 is 11.2 Å². The standard InChI is InChI=1S/C8H9N3O/c9-8-11-10-7(12-8)6-4-2-1-3-5-6/h1-5,8,11H,9H2. The van der Waals surface area contributed by atoms with E-state index in [9.17, 15) is 0 Å². The Morgan fingerprint density at radius 3 is 2.67 bits per heavy atom. The average Bonchev–Trinajstić information content (AvgIpc) is 2.54. The van der Waals surface area contributed by atoms with Gasteiger partial charge in [0, 0.05) is 5.56 Å². The van der Waals surface area contributed by atoms with E-state index in [2.05, 4.69) is 10.5 Å². The molecule has 0 saturated carbocycles. The van der Waals surface area contributed by atoms with Crippen LogP contribution in [0.3, 0.4) is 0 Å². The first-order valence-electron chi connectivity index (χ1n) is 3.67. The summed E-state index contributed by atoms with van der Waals surface area (Å²) in [5, 5.41) is 3.91. The van der Waals surface area contributed by atoms with Gasteiger partial charge in [0.25, 0.3) is 0 Å². The Balaban J connectivity index is 2.22. The molecule has 1 aromatic carbocycles. The first-order chi connectivity index (χ1) is 5.86. The van der Waals surface area contributed by atoms with Gasteiger partial charge in [0.15, 0.2) is 0 Å². The first kappa shape index (κ1) is 7.12. The zero-order valence-corrected chi connectivity index (χ0v) is 6.40. The van der Waals surface area contributed by atoms with Gasteiger partial charge in [-0.3, -0.25) is 11.2 Å². The van der Waals surface area contributed by atoms with Crippen molar-refractivity contribution in [1.29, 1.82) is 0 Å². The van der Waals surface area contributed by atoms with Crippen LogP contribution in [0.5, 0.6) is 0 Å². The van der Waals surface area contributed by atoms with Crippen LogP contribution in [0.25, 0.3) is 0 Å². The van der Waals surface area contributed by atoms with E-state index in [1.165, 1.54) is 0 Å². The molecule has 1 heterocycles. The normalized spacial score (nSPS) is 21.1. The van der Waals surface area contributed by atoms with Crippen LogP contribution in [-0.4, -0.2) is 12.2 Å². The summed E-state index contributed by atoms with van der Waals surface area (Å²) in [6, 6.07) is 9.61. The average molecular weight is 163 g/mol. The number of hydrogen-bond acceptors (Lipinski definition) is 4. The fourth-order valence-corrected chi connectivity index (χ4v) is 1.01. The number of nitrogens with two attached hydrogens (primary N) is 1. The smallest absolute Gasteiger partial charge is 0.241 e. The lowest BCUT2D eigenvalue weighted by atomic mass is 10.2. The third kappa shape index (κ3) is 1.24. The summed E-state index contributed by atoms with van der Waals surface area (Å²) >= 11 is 0. The zero-order valence-electron chi connectivity index (χ0n) is 6.40. The summed E-state index contributed by atoms with van der Waals surface area (Å²) < 4.78 is 5.16. The summed E-state index contributed by atoms with van der Waals surface area (Å²) in [6.07, 6.45) is -0.514. The molecule has 4 heteroatoms. The van der Waals surface area contributed by atoms with E-state index in [0.29, 0.717) is 5.90 Å². The van der Waals surface area contributed by atoms with Gasteiger partial charge in [0.1, 0.15) is 0 Å². The minimum Gasteiger partial charge on any atom is -0.437 e. The molecule has 0 radical (unpaired) electrons. The molecule has 0 fully saturated rings. The lowest BCUT2D eigenvalue weighted by molar-refractivity contribution is 0.196. The second-order valence-corrected chi connectivity index (χ2v) is 2.45. The van der Waals surface area contributed by atoms with Crippen molar-refractivity contribution < 1.29 is 4.74 Å². The molecule has 12 heavy (non-hydrogen) atoms. The van der Waals surface area contributed by atoms with Gasteiger partial charge in [0.05, 0.1) is 0 Å². The van der Waals surface area contributed by atoms with Gasteiger partial charge in [-0.1, -0.05) is 18.2 Å². The van der Waals surface area contributed by atoms with Gasteiger partial charge >= 0.3 is 0 Å². The monoisotopic (exact) mass is 163 g/mol. The molecular weight excluding hydrogens is 154 g/mol. The molecule has 62 valence electrons. The summed E-state index contributed by atoms with van der Waals surface area (Å²) in [7, 11) is 0. The molecule has 0 spiro atoms. The predicted molar refractivity (Wildman–Crippen MR) is 45.2 cm³/mol. The van der Waals surface area contributed by atoms with Gasteiger partial charge in [0.2, 0.25) is 12.2 Å². The van der Waals surface area contributed by atoms with E-state index in [4.69, 9.17) is 10.5 Å². The SMILES string of the molecule is NC1NN=C(c2ccccc2)O1. The van der Waals surface area contributed by atoms with Crippen molar-refractivity contribution in [3.05, 3.63) is 35.9 Å². The minimum atomic E-state index is -0.514. The molecular formula is C8H9N3O. The Labute approximate surface area is 70.0 Å². The van der Waals surface area contributed by atoms with Gasteiger partial charge in [-0.2, -0.15) is 0 Å². The number of hydrogen-bond donors (Lipinski definition) is 2. The first-order valence-corrected chi connectivity index (χ1v) is 3.67. The molecule has 1 unspecified atom stereocenters. The van der Waals surface area contributed by atoms with Gasteiger partial charge < -0.3 is 4.74 Å². The van der Waals surface area contributed by atoms with Crippen molar-refractivity contribution >= 4 is 5.90 Å². The number of rotatable bonds is 1. The van der Waals surface area contributed by atoms with Crippen molar-refractivity contribution in [2.24, 2.45) is 10.8 Å². The Bertz CT molecular complexity index is 296. The summed E-state index contributed by atoms with van der Waals surface area (Å²) in [5.74, 6) is 0.545. The number of hydrazone groups is 1. The summed E-state index contributed by atoms with van der Waals surface area (Å²) in [6.45, 7) is 0. The molecule has 3 N–H and O–H groups in total. The predicted octanol–water partition coefficient (Wildman–Crippen LogP) is 0.210. The maximum Gasteiger partial charge on any atom is 0.241 e. The highest BCUT2D eigenvalue weighted by Crippen LogP contribution is 2.05. The van der Waals surface area contributed by atoms with Crippen molar-refractivity contribution in [2.75, 3.05) is 0 Å². The second kappa shape index (κ2) is 2.83. The highest BCUT2D eigenvalue weighted by molar-refractivity contribution is 5.94. The van der Waals surface area contributed by atoms with Crippen LogP contribution in [0.15, 0.2) is 35.4 Å². The second-order valence-electron chi connectivity index (χ2n) is 2.45. The van der Waals surface area contributed by atoms with Crippen LogP contribution in [-0.2, 0) is 4.74 Å². The third-order valence-electron chi connectivity index (χ3n) is 1.55. The van der Waals surface area contributed by atoms with Gasteiger partial charge in [-0.25, -0.2) is 0 Å². The summed E-state index contributed by atoms with van der Waals surface area (Å²) in [5.41, 5.74) is 8.95. The number of nitrogens with one attached hydrogen (secondary N) is 1. The molecule has 0 aliphatic carbocycles. The molecule has 1 aliphatic rings.